The summed E-state index contributed by atoms with van der Waals surface area (Å²) in [4.78, 5) is 35.3. The number of halogens is 3. The summed E-state index contributed by atoms with van der Waals surface area (Å²) in [6, 6.07) is -0.340. The number of nitrogens with one attached hydrogen (secondary N) is 2. The zero-order valence-corrected chi connectivity index (χ0v) is 18.7. The number of carboxylic acid groups (broad SMARTS) is 1. The maximum Gasteiger partial charge on any atom is 0.490 e. The first-order valence-electron chi connectivity index (χ1n) is 11.2. The lowest BCUT2D eigenvalue weighted by Gasteiger charge is -2.35. The molecule has 7 nitrogen and oxygen atoms in total. The minimum atomic E-state index is -5.08. The van der Waals surface area contributed by atoms with Gasteiger partial charge in [-0.1, -0.05) is 65.2 Å². The van der Waals surface area contributed by atoms with Crippen LogP contribution in [0.3, 0.4) is 0 Å². The molecule has 0 unspecified atom stereocenters. The molecule has 1 heterocycles. The van der Waals surface area contributed by atoms with E-state index in [1.807, 2.05) is 0 Å². The number of aliphatic carboxylic acids is 1. The van der Waals surface area contributed by atoms with E-state index in [9.17, 15) is 22.8 Å². The largest absolute Gasteiger partial charge is 0.490 e. The molecule has 0 aromatic rings. The maximum atomic E-state index is 12.4. The van der Waals surface area contributed by atoms with Gasteiger partial charge in [0.1, 0.15) is 6.04 Å². The van der Waals surface area contributed by atoms with Crippen molar-refractivity contribution in [2.45, 2.75) is 90.3 Å². The molecule has 0 radical (unpaired) electrons. The van der Waals surface area contributed by atoms with Gasteiger partial charge in [0, 0.05) is 19.6 Å². The normalized spacial score (nSPS) is 16.5. The van der Waals surface area contributed by atoms with E-state index >= 15 is 0 Å². The van der Waals surface area contributed by atoms with Crippen molar-refractivity contribution in [3.63, 3.8) is 0 Å². The van der Waals surface area contributed by atoms with E-state index in [4.69, 9.17) is 9.90 Å². The van der Waals surface area contributed by atoms with Crippen molar-refractivity contribution in [3.8, 4) is 0 Å². The van der Waals surface area contributed by atoms with Gasteiger partial charge < -0.3 is 20.6 Å². The molecule has 1 saturated heterocycles. The second-order valence-electron chi connectivity index (χ2n) is 7.66. The van der Waals surface area contributed by atoms with Crippen molar-refractivity contribution in [1.29, 1.82) is 0 Å². The van der Waals surface area contributed by atoms with E-state index in [1.165, 1.54) is 38.5 Å². The Morgan fingerprint density at radius 1 is 1.03 bits per heavy atom. The molecule has 1 fully saturated rings. The van der Waals surface area contributed by atoms with Crippen LogP contribution in [0.5, 0.6) is 0 Å². The second-order valence-corrected chi connectivity index (χ2v) is 7.66. The number of rotatable bonds is 13. The van der Waals surface area contributed by atoms with Crippen LogP contribution < -0.4 is 10.6 Å². The fourth-order valence-corrected chi connectivity index (χ4v) is 3.16. The van der Waals surface area contributed by atoms with Gasteiger partial charge in [-0.05, 0) is 12.8 Å². The lowest BCUT2D eigenvalue weighted by molar-refractivity contribution is -0.192. The number of carbonyl (C=O) groups excluding carboxylic acids is 2. The Morgan fingerprint density at radius 2 is 1.55 bits per heavy atom. The van der Waals surface area contributed by atoms with Gasteiger partial charge in [0.2, 0.25) is 11.8 Å². The van der Waals surface area contributed by atoms with Crippen molar-refractivity contribution >= 4 is 17.8 Å². The smallest absolute Gasteiger partial charge is 0.475 e. The van der Waals surface area contributed by atoms with Crippen molar-refractivity contribution in [2.75, 3.05) is 26.2 Å². The molecule has 0 bridgehead atoms. The highest BCUT2D eigenvalue weighted by atomic mass is 19.4. The van der Waals surface area contributed by atoms with E-state index in [0.717, 1.165) is 25.7 Å². The van der Waals surface area contributed by atoms with Crippen LogP contribution in [-0.4, -0.2) is 66.2 Å². The average molecular weight is 454 g/mol. The van der Waals surface area contributed by atoms with E-state index in [0.29, 0.717) is 26.2 Å². The van der Waals surface area contributed by atoms with Crippen LogP contribution in [0.4, 0.5) is 13.2 Å². The second kappa shape index (κ2) is 16.8. The molecular weight excluding hydrogens is 415 g/mol. The minimum Gasteiger partial charge on any atom is -0.475 e. The first kappa shape index (κ1) is 29.2. The Morgan fingerprint density at radius 3 is 2.10 bits per heavy atom. The Labute approximate surface area is 183 Å². The summed E-state index contributed by atoms with van der Waals surface area (Å²) in [5.41, 5.74) is 0. The molecule has 10 heteroatoms. The molecule has 31 heavy (non-hydrogen) atoms. The maximum absolute atomic E-state index is 12.4. The van der Waals surface area contributed by atoms with E-state index in [2.05, 4.69) is 24.5 Å². The van der Waals surface area contributed by atoms with Gasteiger partial charge >= 0.3 is 12.1 Å². The summed E-state index contributed by atoms with van der Waals surface area (Å²) in [5.74, 6) is -2.70. The molecular formula is C21H38F3N3O4. The van der Waals surface area contributed by atoms with Crippen LogP contribution in [0.25, 0.3) is 0 Å². The van der Waals surface area contributed by atoms with Gasteiger partial charge in [-0.25, -0.2) is 4.79 Å². The average Bonchev–Trinajstić information content (AvgIpc) is 2.71. The van der Waals surface area contributed by atoms with Gasteiger partial charge in [0.05, 0.1) is 6.54 Å². The van der Waals surface area contributed by atoms with Crippen LogP contribution in [0.1, 0.15) is 78.1 Å². The highest BCUT2D eigenvalue weighted by Gasteiger charge is 2.38. The first-order chi connectivity index (χ1) is 14.6. The van der Waals surface area contributed by atoms with Gasteiger partial charge in [-0.2, -0.15) is 13.2 Å². The number of carboxylic acids is 1. The van der Waals surface area contributed by atoms with Crippen LogP contribution in [0.15, 0.2) is 0 Å². The fourth-order valence-electron chi connectivity index (χ4n) is 3.16. The number of unbranched alkanes of at least 4 members (excludes halogenated alkanes) is 8. The molecule has 2 amide bonds. The summed E-state index contributed by atoms with van der Waals surface area (Å²) in [7, 11) is 0. The van der Waals surface area contributed by atoms with Crippen molar-refractivity contribution in [3.05, 3.63) is 0 Å². The highest BCUT2D eigenvalue weighted by Crippen LogP contribution is 2.13. The molecule has 1 atom stereocenters. The predicted octanol–water partition coefficient (Wildman–Crippen LogP) is 3.48. The molecule has 3 N–H and O–H groups in total. The highest BCUT2D eigenvalue weighted by molar-refractivity contribution is 5.89. The number of amides is 2. The van der Waals surface area contributed by atoms with Crippen LogP contribution in [0.2, 0.25) is 0 Å². The Balaban J connectivity index is 0.00000110. The van der Waals surface area contributed by atoms with Gasteiger partial charge in [-0.3, -0.25) is 9.59 Å². The SMILES string of the molecule is CCCCCCCCN1C(=O)CNC[C@@H]1C(=O)NCCCCCC.O=C(O)C(F)(F)F. The Hall–Kier alpha value is -1.84. The van der Waals surface area contributed by atoms with Gasteiger partial charge in [0.15, 0.2) is 0 Å². The number of nitrogens with zero attached hydrogens (tertiary/aromatic N) is 1. The molecule has 0 aromatic heterocycles. The lowest BCUT2D eigenvalue weighted by Crippen LogP contribution is -2.60. The van der Waals surface area contributed by atoms with E-state index in [-0.39, 0.29) is 17.9 Å². The lowest BCUT2D eigenvalue weighted by atomic mass is 10.1. The molecule has 182 valence electrons. The van der Waals surface area contributed by atoms with E-state index in [1.54, 1.807) is 4.90 Å². The molecule has 0 aliphatic carbocycles. The third kappa shape index (κ3) is 14.0. The van der Waals surface area contributed by atoms with Gasteiger partial charge in [0.25, 0.3) is 0 Å². The van der Waals surface area contributed by atoms with Gasteiger partial charge in [-0.15, -0.1) is 0 Å². The molecule has 1 aliphatic heterocycles. The number of hydrogen-bond donors (Lipinski definition) is 3. The van der Waals surface area contributed by atoms with E-state index < -0.39 is 12.1 Å². The summed E-state index contributed by atoms with van der Waals surface area (Å²) in [5, 5.41) is 13.2. The first-order valence-corrected chi connectivity index (χ1v) is 11.2. The number of piperazine rings is 1. The monoisotopic (exact) mass is 453 g/mol. The van der Waals surface area contributed by atoms with Crippen molar-refractivity contribution in [2.24, 2.45) is 0 Å². The number of alkyl halides is 3. The molecule has 0 saturated carbocycles. The summed E-state index contributed by atoms with van der Waals surface area (Å²) < 4.78 is 31.7. The molecule has 0 spiro atoms. The van der Waals surface area contributed by atoms with Crippen LogP contribution >= 0.6 is 0 Å². The summed E-state index contributed by atoms with van der Waals surface area (Å²) in [6.45, 7) is 6.75. The zero-order chi connectivity index (χ0) is 23.7. The Kier molecular flexibility index (Phi) is 15.8. The fraction of sp³-hybridized carbons (Fsp3) is 0.857. The molecule has 1 aliphatic rings. The third-order valence-electron chi connectivity index (χ3n) is 4.94. The minimum absolute atomic E-state index is 0.00182. The quantitative estimate of drug-likeness (QED) is 0.371. The summed E-state index contributed by atoms with van der Waals surface area (Å²) >= 11 is 0. The molecule has 0 aromatic carbocycles. The summed E-state index contributed by atoms with van der Waals surface area (Å²) in [6.07, 6.45) is 6.66. The van der Waals surface area contributed by atoms with Crippen molar-refractivity contribution < 1.29 is 32.7 Å². The topological polar surface area (TPSA) is 98.7 Å². The molecule has 1 rings (SSSR count). The van der Waals surface area contributed by atoms with Crippen LogP contribution in [-0.2, 0) is 14.4 Å². The third-order valence-corrected chi connectivity index (χ3v) is 4.94. The zero-order valence-electron chi connectivity index (χ0n) is 18.7. The predicted molar refractivity (Wildman–Crippen MR) is 113 cm³/mol. The van der Waals surface area contributed by atoms with Crippen LogP contribution in [0, 0.1) is 0 Å². The van der Waals surface area contributed by atoms with Crippen molar-refractivity contribution in [1.82, 2.24) is 15.5 Å². The number of hydrogen-bond acceptors (Lipinski definition) is 4. The standard InChI is InChI=1S/C19H37N3O2.C2HF3O2/c1-3-5-7-9-10-12-14-22-17(15-20-16-18(22)23)19(24)21-13-11-8-6-4-2;3-2(4,5)1(6)7/h17,20H,3-16H2,1-2H3,(H,21,24);(H,6,7)/t17-;/m1./s1. The Bertz CT molecular complexity index is 530. The number of carbonyl (C=O) groups is 3.